The van der Waals surface area contributed by atoms with Crippen LogP contribution in [0.15, 0.2) is 53.4 Å². The summed E-state index contributed by atoms with van der Waals surface area (Å²) in [7, 11) is -2.27. The first-order chi connectivity index (χ1) is 17.5. The van der Waals surface area contributed by atoms with Gasteiger partial charge >= 0.3 is 6.03 Å². The number of carbonyl (C=O) groups excluding carboxylic acids is 1. The van der Waals surface area contributed by atoms with Crippen molar-refractivity contribution in [3.8, 4) is 17.6 Å². The number of likely N-dealkylation sites (N-methyl/N-ethyl adjacent to an activating group) is 1. The van der Waals surface area contributed by atoms with E-state index in [9.17, 15) is 18.3 Å². The molecule has 3 rings (SSSR count). The Morgan fingerprint density at radius 2 is 1.92 bits per heavy atom. The van der Waals surface area contributed by atoms with Crippen LogP contribution in [0.1, 0.15) is 39.7 Å². The molecular weight excluding hydrogens is 490 g/mol. The third-order valence-corrected chi connectivity index (χ3v) is 8.26. The number of carbonyl (C=O) groups is 1. The molecule has 0 unspecified atom stereocenters. The van der Waals surface area contributed by atoms with Gasteiger partial charge in [0.15, 0.2) is 0 Å². The lowest BCUT2D eigenvalue weighted by Crippen LogP contribution is -2.50. The van der Waals surface area contributed by atoms with Crippen molar-refractivity contribution in [2.75, 3.05) is 32.1 Å². The number of rotatable bonds is 6. The molecule has 0 spiro atoms. The third kappa shape index (κ3) is 7.25. The van der Waals surface area contributed by atoms with Gasteiger partial charge < -0.3 is 20.1 Å². The van der Waals surface area contributed by atoms with Gasteiger partial charge in [0.05, 0.1) is 13.2 Å². The van der Waals surface area contributed by atoms with Gasteiger partial charge in [-0.05, 0) is 43.2 Å². The molecule has 8 nitrogen and oxygen atoms in total. The number of amides is 2. The van der Waals surface area contributed by atoms with E-state index >= 15 is 0 Å². The Morgan fingerprint density at radius 1 is 1.22 bits per heavy atom. The van der Waals surface area contributed by atoms with Crippen molar-refractivity contribution >= 4 is 21.7 Å². The predicted molar refractivity (Wildman–Crippen MR) is 145 cm³/mol. The summed E-state index contributed by atoms with van der Waals surface area (Å²) >= 11 is 0. The molecule has 3 atom stereocenters. The lowest BCUT2D eigenvalue weighted by atomic mass is 10.0. The van der Waals surface area contributed by atoms with Crippen molar-refractivity contribution in [3.05, 3.63) is 54.1 Å². The van der Waals surface area contributed by atoms with E-state index in [0.717, 1.165) is 6.42 Å². The summed E-state index contributed by atoms with van der Waals surface area (Å²) in [6.07, 6.45) is 0.215. The van der Waals surface area contributed by atoms with Crippen molar-refractivity contribution in [2.24, 2.45) is 11.8 Å². The lowest BCUT2D eigenvalue weighted by molar-refractivity contribution is 0.0830. The predicted octanol–water partition coefficient (Wildman–Crippen LogP) is 4.02. The van der Waals surface area contributed by atoms with Gasteiger partial charge in [0.25, 0.3) is 0 Å². The van der Waals surface area contributed by atoms with Gasteiger partial charge in [0, 0.05) is 43.2 Å². The van der Waals surface area contributed by atoms with Gasteiger partial charge in [0.2, 0.25) is 10.0 Å². The SMILES string of the molecule is CC(C)CC#Cc1ccc2c(c1)O[C@@H](CN(C)C(=O)Nc1ccccc1)[C@@H](C)CN([C@@H](C)CO)S2(=O)=O. The Kier molecular flexibility index (Phi) is 9.60. The highest BCUT2D eigenvalue weighted by Crippen LogP contribution is 2.34. The van der Waals surface area contributed by atoms with Crippen molar-refractivity contribution in [1.82, 2.24) is 9.21 Å². The third-order valence-electron chi connectivity index (χ3n) is 6.24. The van der Waals surface area contributed by atoms with Crippen molar-refractivity contribution in [1.29, 1.82) is 0 Å². The van der Waals surface area contributed by atoms with Crippen LogP contribution < -0.4 is 10.1 Å². The summed E-state index contributed by atoms with van der Waals surface area (Å²) < 4.78 is 34.9. The number of fused-ring (bicyclic) bond motifs is 1. The number of benzene rings is 2. The summed E-state index contributed by atoms with van der Waals surface area (Å²) in [5.74, 6) is 6.55. The average Bonchev–Trinajstić information content (AvgIpc) is 2.86. The van der Waals surface area contributed by atoms with Crippen LogP contribution in [0.25, 0.3) is 0 Å². The van der Waals surface area contributed by atoms with E-state index in [4.69, 9.17) is 4.74 Å². The summed E-state index contributed by atoms with van der Waals surface area (Å²) in [6, 6.07) is 13.1. The Balaban J connectivity index is 1.95. The summed E-state index contributed by atoms with van der Waals surface area (Å²) in [6.45, 7) is 7.77. The molecule has 0 bridgehead atoms. The number of hydrogen-bond acceptors (Lipinski definition) is 5. The van der Waals surface area contributed by atoms with E-state index in [1.807, 2.05) is 25.1 Å². The van der Waals surface area contributed by atoms with Crippen molar-refractivity contribution in [3.63, 3.8) is 0 Å². The number of para-hydroxylation sites is 1. The smallest absolute Gasteiger partial charge is 0.321 e. The number of aliphatic hydroxyl groups is 1. The standard InChI is InChI=1S/C28H37N3O5S/c1-20(2)10-9-11-23-14-15-27-25(16-23)36-26(21(3)17-31(22(4)19-32)37(27,34)35)18-30(5)28(33)29-24-12-7-6-8-13-24/h6-8,12-16,20-22,26,32H,10,17-19H2,1-5H3,(H,29,33)/t21-,22-,26-/m0/s1. The fourth-order valence-electron chi connectivity index (χ4n) is 3.97. The zero-order valence-electron chi connectivity index (χ0n) is 22.1. The Hall–Kier alpha value is -3.06. The molecule has 0 radical (unpaired) electrons. The minimum atomic E-state index is -3.94. The maximum absolute atomic E-state index is 13.6. The van der Waals surface area contributed by atoms with E-state index in [-0.39, 0.29) is 42.3 Å². The molecule has 0 aromatic heterocycles. The van der Waals surface area contributed by atoms with Crippen LogP contribution in [0, 0.1) is 23.7 Å². The van der Waals surface area contributed by atoms with E-state index < -0.39 is 22.2 Å². The quantitative estimate of drug-likeness (QED) is 0.553. The molecule has 0 saturated heterocycles. The Labute approximate surface area is 220 Å². The van der Waals surface area contributed by atoms with Gasteiger partial charge in [0.1, 0.15) is 16.7 Å². The minimum Gasteiger partial charge on any atom is -0.487 e. The maximum atomic E-state index is 13.6. The number of nitrogens with one attached hydrogen (secondary N) is 1. The van der Waals surface area contributed by atoms with E-state index in [2.05, 4.69) is 31.0 Å². The molecule has 2 aromatic rings. The van der Waals surface area contributed by atoms with Crippen molar-refractivity contribution in [2.45, 2.75) is 51.2 Å². The van der Waals surface area contributed by atoms with E-state index in [0.29, 0.717) is 17.2 Å². The van der Waals surface area contributed by atoms with Crippen LogP contribution in [0.2, 0.25) is 0 Å². The fraction of sp³-hybridized carbons (Fsp3) is 0.464. The number of hydrogen-bond donors (Lipinski definition) is 2. The average molecular weight is 528 g/mol. The van der Waals surface area contributed by atoms with E-state index in [1.54, 1.807) is 38.2 Å². The molecule has 2 N–H and O–H groups in total. The summed E-state index contributed by atoms with van der Waals surface area (Å²) in [5, 5.41) is 12.7. The molecule has 37 heavy (non-hydrogen) atoms. The molecule has 0 aliphatic carbocycles. The first-order valence-corrected chi connectivity index (χ1v) is 14.0. The molecule has 1 heterocycles. The monoisotopic (exact) mass is 527 g/mol. The van der Waals surface area contributed by atoms with Crippen molar-refractivity contribution < 1.29 is 23.1 Å². The molecule has 1 aliphatic heterocycles. The van der Waals surface area contributed by atoms with Gasteiger partial charge in [-0.15, -0.1) is 0 Å². The molecular formula is C28H37N3O5S. The maximum Gasteiger partial charge on any atom is 0.321 e. The Morgan fingerprint density at radius 3 is 2.57 bits per heavy atom. The number of ether oxygens (including phenoxy) is 1. The molecule has 9 heteroatoms. The Bertz CT molecular complexity index is 1240. The number of anilines is 1. The molecule has 200 valence electrons. The molecule has 0 saturated carbocycles. The number of nitrogens with zero attached hydrogens (tertiary/aromatic N) is 2. The lowest BCUT2D eigenvalue weighted by Gasteiger charge is -2.37. The first-order valence-electron chi connectivity index (χ1n) is 12.5. The van der Waals surface area contributed by atoms with Gasteiger partial charge in [-0.25, -0.2) is 13.2 Å². The topological polar surface area (TPSA) is 99.2 Å². The zero-order valence-corrected chi connectivity index (χ0v) is 23.0. The first kappa shape index (κ1) is 28.5. The molecule has 0 fully saturated rings. The van der Waals surface area contributed by atoms with Gasteiger partial charge in [-0.3, -0.25) is 0 Å². The largest absolute Gasteiger partial charge is 0.487 e. The van der Waals surface area contributed by atoms with E-state index in [1.165, 1.54) is 15.3 Å². The van der Waals surface area contributed by atoms with Crippen LogP contribution in [0.5, 0.6) is 5.75 Å². The van der Waals surface area contributed by atoms with Crippen LogP contribution in [-0.2, 0) is 10.0 Å². The highest BCUT2D eigenvalue weighted by Gasteiger charge is 2.38. The second kappa shape index (κ2) is 12.5. The highest BCUT2D eigenvalue weighted by atomic mass is 32.2. The fourth-order valence-corrected chi connectivity index (χ4v) is 5.80. The van der Waals surface area contributed by atoms with Gasteiger partial charge in [-0.1, -0.05) is 50.8 Å². The molecule has 2 aromatic carbocycles. The van der Waals surface area contributed by atoms with Crippen LogP contribution >= 0.6 is 0 Å². The number of aliphatic hydroxyl groups excluding tert-OH is 1. The molecule has 2 amide bonds. The normalized spacial score (nSPS) is 19.9. The highest BCUT2D eigenvalue weighted by molar-refractivity contribution is 7.89. The summed E-state index contributed by atoms with van der Waals surface area (Å²) in [5.41, 5.74) is 1.33. The number of urea groups is 1. The van der Waals surface area contributed by atoms with Crippen LogP contribution in [0.4, 0.5) is 10.5 Å². The molecule has 1 aliphatic rings. The second-order valence-electron chi connectivity index (χ2n) is 9.98. The zero-order chi connectivity index (χ0) is 27.2. The van der Waals surface area contributed by atoms with Crippen LogP contribution in [-0.4, -0.2) is 67.7 Å². The minimum absolute atomic E-state index is 0.0236. The second-order valence-corrected chi connectivity index (χ2v) is 11.8. The summed E-state index contributed by atoms with van der Waals surface area (Å²) in [4.78, 5) is 14.4. The van der Waals surface area contributed by atoms with Gasteiger partial charge in [-0.2, -0.15) is 4.31 Å². The number of sulfonamides is 1. The van der Waals surface area contributed by atoms with Crippen LogP contribution in [0.3, 0.4) is 0 Å².